The van der Waals surface area contributed by atoms with Crippen molar-refractivity contribution in [3.63, 3.8) is 0 Å². The number of alkyl halides is 3. The maximum absolute atomic E-state index is 12.7. The lowest BCUT2D eigenvalue weighted by molar-refractivity contribution is -0.194. The largest absolute Gasteiger partial charge is 0.462 e. The molecular weight excluding hydrogens is 281 g/mol. The highest BCUT2D eigenvalue weighted by Crippen LogP contribution is 2.38. The molecule has 0 aliphatic heterocycles. The summed E-state index contributed by atoms with van der Waals surface area (Å²) >= 11 is 0. The lowest BCUT2D eigenvalue weighted by Crippen LogP contribution is -2.34. The van der Waals surface area contributed by atoms with Gasteiger partial charge in [-0.25, -0.2) is 0 Å². The molecule has 0 radical (unpaired) electrons. The van der Waals surface area contributed by atoms with E-state index < -0.39 is 30.1 Å². The van der Waals surface area contributed by atoms with E-state index in [0.29, 0.717) is 12.8 Å². The monoisotopic (exact) mass is 300 g/mol. The molecule has 0 heterocycles. The highest BCUT2D eigenvalue weighted by Gasteiger charge is 2.43. The van der Waals surface area contributed by atoms with Gasteiger partial charge in [0, 0.05) is 0 Å². The van der Waals surface area contributed by atoms with E-state index in [1.807, 2.05) is 30.3 Å². The van der Waals surface area contributed by atoms with Crippen LogP contribution in [0.5, 0.6) is 0 Å². The number of esters is 1. The molecule has 0 saturated heterocycles. The van der Waals surface area contributed by atoms with Gasteiger partial charge in [-0.15, -0.1) is 0 Å². The highest BCUT2D eigenvalue weighted by atomic mass is 19.4. The number of halogens is 3. The number of hydrogen-bond acceptors (Lipinski definition) is 2. The Hall–Kier alpha value is -1.52. The van der Waals surface area contributed by atoms with E-state index in [2.05, 4.69) is 0 Å². The van der Waals surface area contributed by atoms with Gasteiger partial charge in [-0.05, 0) is 38.2 Å². The Morgan fingerprint density at radius 1 is 1.24 bits per heavy atom. The Morgan fingerprint density at radius 3 is 2.52 bits per heavy atom. The van der Waals surface area contributed by atoms with Crippen LogP contribution in [0, 0.1) is 5.92 Å². The van der Waals surface area contributed by atoms with Crippen LogP contribution in [-0.4, -0.2) is 18.2 Å². The van der Waals surface area contributed by atoms with E-state index in [9.17, 15) is 18.0 Å². The van der Waals surface area contributed by atoms with E-state index in [-0.39, 0.29) is 12.8 Å². The molecule has 1 saturated carbocycles. The number of carbonyl (C=O) groups is 1. The molecule has 1 unspecified atom stereocenters. The number of rotatable bonds is 3. The first-order valence-electron chi connectivity index (χ1n) is 7.20. The van der Waals surface area contributed by atoms with E-state index in [1.165, 1.54) is 0 Å². The third kappa shape index (κ3) is 4.22. The van der Waals surface area contributed by atoms with Crippen molar-refractivity contribution in [2.45, 2.75) is 50.8 Å². The van der Waals surface area contributed by atoms with Crippen LogP contribution in [0.25, 0.3) is 0 Å². The molecule has 1 aromatic carbocycles. The minimum absolute atomic E-state index is 0.114. The predicted molar refractivity (Wildman–Crippen MR) is 72.8 cm³/mol. The van der Waals surface area contributed by atoms with Gasteiger partial charge >= 0.3 is 12.1 Å². The summed E-state index contributed by atoms with van der Waals surface area (Å²) in [5, 5.41) is 0. The highest BCUT2D eigenvalue weighted by molar-refractivity contribution is 5.77. The first-order valence-corrected chi connectivity index (χ1v) is 7.20. The van der Waals surface area contributed by atoms with Gasteiger partial charge in [0.05, 0.1) is 11.8 Å². The third-order valence-electron chi connectivity index (χ3n) is 4.02. The van der Waals surface area contributed by atoms with Crippen molar-refractivity contribution in [3.05, 3.63) is 35.9 Å². The van der Waals surface area contributed by atoms with Crippen molar-refractivity contribution < 1.29 is 22.7 Å². The van der Waals surface area contributed by atoms with Crippen LogP contribution in [0.3, 0.4) is 0 Å². The quantitative estimate of drug-likeness (QED) is 0.771. The van der Waals surface area contributed by atoms with E-state index in [4.69, 9.17) is 4.74 Å². The van der Waals surface area contributed by atoms with Crippen LogP contribution >= 0.6 is 0 Å². The average Bonchev–Trinajstić information content (AvgIpc) is 2.47. The maximum Gasteiger partial charge on any atom is 0.391 e. The van der Waals surface area contributed by atoms with Crippen molar-refractivity contribution in [2.75, 3.05) is 0 Å². The van der Waals surface area contributed by atoms with Gasteiger partial charge < -0.3 is 4.74 Å². The first kappa shape index (κ1) is 15.9. The molecular formula is C16H19F3O2. The summed E-state index contributed by atoms with van der Waals surface area (Å²) in [5.74, 6) is -2.26. The second-order valence-corrected chi connectivity index (χ2v) is 5.60. The summed E-state index contributed by atoms with van der Waals surface area (Å²) in [4.78, 5) is 12.1. The first-order chi connectivity index (χ1) is 9.88. The molecule has 3 atom stereocenters. The van der Waals surface area contributed by atoms with Gasteiger partial charge in [0.2, 0.25) is 0 Å². The van der Waals surface area contributed by atoms with Gasteiger partial charge in [-0.2, -0.15) is 13.2 Å². The molecule has 1 fully saturated rings. The lowest BCUT2D eigenvalue weighted by Gasteiger charge is -2.30. The zero-order chi connectivity index (χ0) is 15.5. The molecule has 2 nitrogen and oxygen atoms in total. The number of ether oxygens (including phenoxy) is 1. The smallest absolute Gasteiger partial charge is 0.391 e. The number of carbonyl (C=O) groups excluding carboxylic acids is 1. The summed E-state index contributed by atoms with van der Waals surface area (Å²) < 4.78 is 43.5. The fourth-order valence-electron chi connectivity index (χ4n) is 2.69. The molecule has 2 rings (SSSR count). The standard InChI is InChI=1S/C16H19F3O2/c1-11(12-6-3-2-4-7-12)15(20)21-14-9-5-8-13(10-14)16(17,18)19/h2-4,6-7,11,13-14H,5,8-10H2,1H3/t11?,13-,14-/m0/s1. The molecule has 21 heavy (non-hydrogen) atoms. The zero-order valence-corrected chi connectivity index (χ0v) is 11.9. The second-order valence-electron chi connectivity index (χ2n) is 5.60. The normalized spacial score (nSPS) is 24.4. The average molecular weight is 300 g/mol. The lowest BCUT2D eigenvalue weighted by atomic mass is 9.86. The molecule has 1 aromatic rings. The maximum atomic E-state index is 12.7. The summed E-state index contributed by atoms with van der Waals surface area (Å²) in [6.45, 7) is 1.71. The molecule has 0 bridgehead atoms. The van der Waals surface area contributed by atoms with Crippen LogP contribution in [0.4, 0.5) is 13.2 Å². The van der Waals surface area contributed by atoms with Gasteiger partial charge in [0.25, 0.3) is 0 Å². The molecule has 5 heteroatoms. The van der Waals surface area contributed by atoms with Crippen molar-refractivity contribution in [1.82, 2.24) is 0 Å². The van der Waals surface area contributed by atoms with E-state index >= 15 is 0 Å². The second kappa shape index (κ2) is 6.50. The van der Waals surface area contributed by atoms with Gasteiger partial charge in [0.1, 0.15) is 6.10 Å². The zero-order valence-electron chi connectivity index (χ0n) is 11.9. The fourth-order valence-corrected chi connectivity index (χ4v) is 2.69. The van der Waals surface area contributed by atoms with Crippen molar-refractivity contribution in [2.24, 2.45) is 5.92 Å². The molecule has 116 valence electrons. The molecule has 0 spiro atoms. The molecule has 0 amide bonds. The Kier molecular flexibility index (Phi) is 4.91. The molecule has 0 aromatic heterocycles. The number of hydrogen-bond donors (Lipinski definition) is 0. The molecule has 0 N–H and O–H groups in total. The topological polar surface area (TPSA) is 26.3 Å². The van der Waals surface area contributed by atoms with Crippen molar-refractivity contribution in [1.29, 1.82) is 0 Å². The van der Waals surface area contributed by atoms with Crippen LogP contribution in [0.2, 0.25) is 0 Å². The van der Waals surface area contributed by atoms with Crippen molar-refractivity contribution in [3.8, 4) is 0 Å². The summed E-state index contributed by atoms with van der Waals surface area (Å²) in [5.41, 5.74) is 0.811. The Bertz CT molecular complexity index is 470. The minimum atomic E-state index is -4.20. The van der Waals surface area contributed by atoms with Crippen LogP contribution in [0.15, 0.2) is 30.3 Å². The van der Waals surface area contributed by atoms with Crippen LogP contribution in [0.1, 0.15) is 44.1 Å². The number of benzene rings is 1. The SMILES string of the molecule is CC(C(=O)O[C@H]1CCC[C@H](C(F)(F)F)C1)c1ccccc1. The van der Waals surface area contributed by atoms with E-state index in [1.54, 1.807) is 6.92 Å². The van der Waals surface area contributed by atoms with Gasteiger partial charge in [-0.1, -0.05) is 30.3 Å². The summed E-state index contributed by atoms with van der Waals surface area (Å²) in [7, 11) is 0. The minimum Gasteiger partial charge on any atom is -0.462 e. The fraction of sp³-hybridized carbons (Fsp3) is 0.562. The molecule has 1 aliphatic rings. The molecule has 1 aliphatic carbocycles. The van der Waals surface area contributed by atoms with Crippen LogP contribution in [-0.2, 0) is 9.53 Å². The van der Waals surface area contributed by atoms with E-state index in [0.717, 1.165) is 5.56 Å². The van der Waals surface area contributed by atoms with Crippen LogP contribution < -0.4 is 0 Å². The third-order valence-corrected chi connectivity index (χ3v) is 4.02. The Morgan fingerprint density at radius 2 is 1.90 bits per heavy atom. The van der Waals surface area contributed by atoms with Crippen molar-refractivity contribution >= 4 is 5.97 Å². The Balaban J connectivity index is 1.93. The van der Waals surface area contributed by atoms with Gasteiger partial charge in [0.15, 0.2) is 0 Å². The Labute approximate surface area is 122 Å². The predicted octanol–water partition coefficient (Wildman–Crippen LogP) is 4.45. The summed E-state index contributed by atoms with van der Waals surface area (Å²) in [6.07, 6.45) is -3.84. The van der Waals surface area contributed by atoms with Gasteiger partial charge in [-0.3, -0.25) is 4.79 Å². The summed E-state index contributed by atoms with van der Waals surface area (Å²) in [6, 6.07) is 9.10.